The van der Waals surface area contributed by atoms with E-state index < -0.39 is 0 Å². The second-order valence-electron chi connectivity index (χ2n) is 4.40. The molecule has 2 bridgehead atoms. The molecule has 1 aliphatic heterocycles. The van der Waals surface area contributed by atoms with Gasteiger partial charge in [0, 0.05) is 17.1 Å². The Morgan fingerprint density at radius 1 is 1.50 bits per heavy atom. The molecule has 1 saturated heterocycles. The number of carbonyl (C=O) groups is 2. The molecule has 0 aromatic rings. The van der Waals surface area contributed by atoms with Gasteiger partial charge in [0.2, 0.25) is 0 Å². The fraction of sp³-hybridized carbons (Fsp3) is 0.800. The van der Waals surface area contributed by atoms with Crippen molar-refractivity contribution in [1.29, 1.82) is 0 Å². The van der Waals surface area contributed by atoms with Gasteiger partial charge < -0.3 is 9.53 Å². The van der Waals surface area contributed by atoms with Gasteiger partial charge in [-0.3, -0.25) is 4.79 Å². The van der Waals surface area contributed by atoms with Crippen LogP contribution >= 0.6 is 11.8 Å². The van der Waals surface area contributed by atoms with Gasteiger partial charge in [0.15, 0.2) is 0 Å². The highest BCUT2D eigenvalue weighted by Gasteiger charge is 2.66. The van der Waals surface area contributed by atoms with Crippen molar-refractivity contribution in [3.8, 4) is 0 Å². The predicted molar refractivity (Wildman–Crippen MR) is 51.8 cm³/mol. The van der Waals surface area contributed by atoms with Crippen molar-refractivity contribution in [1.82, 2.24) is 0 Å². The average Bonchev–Trinajstić information content (AvgIpc) is 2.75. The zero-order valence-electron chi connectivity index (χ0n) is 7.88. The van der Waals surface area contributed by atoms with Crippen molar-refractivity contribution >= 4 is 24.0 Å². The SMILES string of the molecule is CSC1[C@H]2C[C@@H]3[C@@H]1OC(=O)[C@H]3C2C=O. The molecule has 0 aromatic heterocycles. The number of aldehydes is 1. The lowest BCUT2D eigenvalue weighted by Gasteiger charge is -2.27. The van der Waals surface area contributed by atoms with E-state index in [1.54, 1.807) is 11.8 Å². The van der Waals surface area contributed by atoms with Crippen molar-refractivity contribution in [3.05, 3.63) is 0 Å². The first-order valence-electron chi connectivity index (χ1n) is 4.96. The molecule has 2 aliphatic carbocycles. The first-order chi connectivity index (χ1) is 6.77. The minimum atomic E-state index is -0.129. The van der Waals surface area contributed by atoms with E-state index in [0.29, 0.717) is 17.1 Å². The molecule has 0 amide bonds. The number of hydrogen-bond acceptors (Lipinski definition) is 4. The summed E-state index contributed by atoms with van der Waals surface area (Å²) in [6, 6.07) is 0. The number of ether oxygens (including phenoxy) is 1. The third kappa shape index (κ3) is 0.811. The van der Waals surface area contributed by atoms with Gasteiger partial charge >= 0.3 is 5.97 Å². The standard InChI is InChI=1S/C10H12O3S/c1-14-9-4-2-5-7(6(4)3-11)10(12)13-8(5)9/h3-9H,2H2,1H3/t4-,5-,6?,7+,8-,9?/m0/s1. The van der Waals surface area contributed by atoms with Crippen LogP contribution in [0.2, 0.25) is 0 Å². The molecule has 3 aliphatic rings. The summed E-state index contributed by atoms with van der Waals surface area (Å²) in [7, 11) is 0. The quantitative estimate of drug-likeness (QED) is 0.500. The van der Waals surface area contributed by atoms with E-state index in [1.165, 1.54) is 0 Å². The van der Waals surface area contributed by atoms with Gasteiger partial charge in [-0.15, -0.1) is 0 Å². The smallest absolute Gasteiger partial charge is 0.310 e. The maximum atomic E-state index is 11.5. The highest BCUT2D eigenvalue weighted by Crippen LogP contribution is 2.59. The first kappa shape index (κ1) is 8.77. The molecule has 0 spiro atoms. The van der Waals surface area contributed by atoms with E-state index in [4.69, 9.17) is 4.74 Å². The maximum Gasteiger partial charge on any atom is 0.310 e. The third-order valence-corrected chi connectivity index (χ3v) is 5.20. The van der Waals surface area contributed by atoms with E-state index in [2.05, 4.69) is 0 Å². The van der Waals surface area contributed by atoms with Crippen LogP contribution in [0, 0.1) is 23.7 Å². The largest absolute Gasteiger partial charge is 0.461 e. The van der Waals surface area contributed by atoms with Gasteiger partial charge in [0.25, 0.3) is 0 Å². The van der Waals surface area contributed by atoms with Crippen molar-refractivity contribution in [2.45, 2.75) is 17.8 Å². The Morgan fingerprint density at radius 2 is 2.29 bits per heavy atom. The van der Waals surface area contributed by atoms with E-state index in [0.717, 1.165) is 12.7 Å². The van der Waals surface area contributed by atoms with Gasteiger partial charge in [0.1, 0.15) is 12.4 Å². The first-order valence-corrected chi connectivity index (χ1v) is 6.25. The second-order valence-corrected chi connectivity index (χ2v) is 5.42. The lowest BCUT2D eigenvalue weighted by Crippen LogP contribution is -2.35. The number of esters is 1. The molecule has 2 unspecified atom stereocenters. The molecular formula is C10H12O3S. The van der Waals surface area contributed by atoms with Gasteiger partial charge in [-0.25, -0.2) is 0 Å². The van der Waals surface area contributed by atoms with Crippen LogP contribution < -0.4 is 0 Å². The summed E-state index contributed by atoms with van der Waals surface area (Å²) in [4.78, 5) is 22.5. The molecule has 3 rings (SSSR count). The number of rotatable bonds is 2. The predicted octanol–water partition coefficient (Wildman–Crippen LogP) is 0.724. The molecular weight excluding hydrogens is 200 g/mol. The van der Waals surface area contributed by atoms with E-state index in [9.17, 15) is 9.59 Å². The maximum absolute atomic E-state index is 11.5. The van der Waals surface area contributed by atoms with E-state index in [1.807, 2.05) is 6.26 Å². The summed E-state index contributed by atoms with van der Waals surface area (Å²) in [6.45, 7) is 0. The van der Waals surface area contributed by atoms with Crippen LogP contribution in [0.3, 0.4) is 0 Å². The summed E-state index contributed by atoms with van der Waals surface area (Å²) in [5, 5.41) is 0.359. The number of thioether (sulfide) groups is 1. The Balaban J connectivity index is 2.01. The molecule has 76 valence electrons. The van der Waals surface area contributed by atoms with Gasteiger partial charge in [-0.1, -0.05) is 0 Å². The van der Waals surface area contributed by atoms with Gasteiger partial charge in [-0.2, -0.15) is 11.8 Å². The minimum absolute atomic E-state index is 0.0660. The minimum Gasteiger partial charge on any atom is -0.461 e. The Morgan fingerprint density at radius 3 is 2.93 bits per heavy atom. The molecule has 0 N–H and O–H groups in total. The summed E-state index contributed by atoms with van der Waals surface area (Å²) in [6.07, 6.45) is 4.12. The molecule has 0 aromatic carbocycles. The Labute approximate surface area is 86.6 Å². The second kappa shape index (κ2) is 2.75. The molecule has 2 saturated carbocycles. The van der Waals surface area contributed by atoms with Crippen molar-refractivity contribution in [2.75, 3.05) is 6.26 Å². The zero-order valence-corrected chi connectivity index (χ0v) is 8.70. The Bertz CT molecular complexity index is 304. The summed E-state index contributed by atoms with van der Waals surface area (Å²) < 4.78 is 5.36. The van der Waals surface area contributed by atoms with Crippen molar-refractivity contribution < 1.29 is 14.3 Å². The van der Waals surface area contributed by atoms with Crippen LogP contribution in [0.5, 0.6) is 0 Å². The topological polar surface area (TPSA) is 43.4 Å². The van der Waals surface area contributed by atoms with E-state index >= 15 is 0 Å². The molecule has 14 heavy (non-hydrogen) atoms. The molecule has 0 radical (unpaired) electrons. The lowest BCUT2D eigenvalue weighted by atomic mass is 9.81. The average molecular weight is 212 g/mol. The molecule has 3 nitrogen and oxygen atoms in total. The highest BCUT2D eigenvalue weighted by atomic mass is 32.2. The van der Waals surface area contributed by atoms with Crippen molar-refractivity contribution in [3.63, 3.8) is 0 Å². The van der Waals surface area contributed by atoms with Crippen LogP contribution in [-0.4, -0.2) is 29.9 Å². The zero-order chi connectivity index (χ0) is 9.87. The summed E-state index contributed by atoms with van der Waals surface area (Å²) >= 11 is 1.74. The molecule has 3 fully saturated rings. The third-order valence-electron chi connectivity index (χ3n) is 4.04. The van der Waals surface area contributed by atoms with E-state index in [-0.39, 0.29) is 23.9 Å². The number of fused-ring (bicyclic) bond motifs is 1. The fourth-order valence-electron chi connectivity index (χ4n) is 3.54. The Hall–Kier alpha value is -0.510. The highest BCUT2D eigenvalue weighted by molar-refractivity contribution is 7.99. The lowest BCUT2D eigenvalue weighted by molar-refractivity contribution is -0.144. The molecule has 4 heteroatoms. The summed E-state index contributed by atoms with van der Waals surface area (Å²) in [5.41, 5.74) is 0. The fourth-order valence-corrected chi connectivity index (χ4v) is 4.71. The van der Waals surface area contributed by atoms with Crippen LogP contribution in [0.15, 0.2) is 0 Å². The molecule has 6 atom stereocenters. The van der Waals surface area contributed by atoms with Gasteiger partial charge in [0.05, 0.1) is 5.92 Å². The van der Waals surface area contributed by atoms with Crippen LogP contribution in [-0.2, 0) is 14.3 Å². The normalized spacial score (nSPS) is 53.6. The molecule has 1 heterocycles. The van der Waals surface area contributed by atoms with Crippen LogP contribution in [0.1, 0.15) is 6.42 Å². The van der Waals surface area contributed by atoms with Crippen molar-refractivity contribution in [2.24, 2.45) is 23.7 Å². The monoisotopic (exact) mass is 212 g/mol. The Kier molecular flexibility index (Phi) is 1.72. The summed E-state index contributed by atoms with van der Waals surface area (Å²) in [5.74, 6) is 0.417. The number of hydrogen-bond donors (Lipinski definition) is 0. The van der Waals surface area contributed by atoms with Crippen LogP contribution in [0.25, 0.3) is 0 Å². The number of carbonyl (C=O) groups excluding carboxylic acids is 2. The van der Waals surface area contributed by atoms with Crippen LogP contribution in [0.4, 0.5) is 0 Å². The van der Waals surface area contributed by atoms with Gasteiger partial charge in [-0.05, 0) is 18.6 Å².